The molecule has 0 bridgehead atoms. The molecule has 0 aliphatic carbocycles. The van der Waals surface area contributed by atoms with E-state index in [1.165, 1.54) is 0 Å². The highest BCUT2D eigenvalue weighted by Crippen LogP contribution is 2.25. The van der Waals surface area contributed by atoms with E-state index in [-0.39, 0.29) is 10.8 Å². The van der Waals surface area contributed by atoms with Crippen LogP contribution >= 0.6 is 38.5 Å². The third kappa shape index (κ3) is 1.71. The molecule has 2 rings (SSSR count). The van der Waals surface area contributed by atoms with Crippen molar-refractivity contribution in [1.29, 1.82) is 0 Å². The molecule has 2 aromatic rings. The molecule has 0 aliphatic rings. The monoisotopic (exact) mass is 381 g/mol. The second-order valence-electron chi connectivity index (χ2n) is 3.21. The molecule has 1 heterocycles. The van der Waals surface area contributed by atoms with E-state index in [1.54, 1.807) is 12.3 Å². The van der Waals surface area contributed by atoms with Gasteiger partial charge in [0.15, 0.2) is 5.82 Å². The number of aromatic nitrogens is 1. The maximum absolute atomic E-state index is 13.7. The van der Waals surface area contributed by atoms with Crippen LogP contribution in [0.1, 0.15) is 5.56 Å². The van der Waals surface area contributed by atoms with Gasteiger partial charge in [-0.1, -0.05) is 0 Å². The van der Waals surface area contributed by atoms with Crippen molar-refractivity contribution in [2.24, 2.45) is 0 Å². The van der Waals surface area contributed by atoms with Crippen molar-refractivity contribution in [1.82, 2.24) is 4.98 Å². The fraction of sp³-hybridized carbons (Fsp3) is 0.100. The highest BCUT2D eigenvalue weighted by molar-refractivity contribution is 14.1. The molecule has 5 heteroatoms. The predicted octanol–water partition coefficient (Wildman–Crippen LogP) is 3.34. The number of halogens is 3. The Kier molecular flexibility index (Phi) is 2.85. The molecular formula is C10H6BrFINO. The van der Waals surface area contributed by atoms with Gasteiger partial charge in [-0.3, -0.25) is 4.79 Å². The van der Waals surface area contributed by atoms with Gasteiger partial charge < -0.3 is 4.98 Å². The molecule has 0 spiro atoms. The van der Waals surface area contributed by atoms with Gasteiger partial charge in [-0.25, -0.2) is 4.39 Å². The average Bonchev–Trinajstić information content (AvgIpc) is 2.19. The van der Waals surface area contributed by atoms with Crippen molar-refractivity contribution in [3.05, 3.63) is 41.9 Å². The number of H-pyrrole nitrogens is 1. The van der Waals surface area contributed by atoms with E-state index in [0.717, 1.165) is 5.56 Å². The number of hydrogen-bond donors (Lipinski definition) is 1. The summed E-state index contributed by atoms with van der Waals surface area (Å²) in [5.74, 6) is -0.504. The Hall–Kier alpha value is -0.430. The lowest BCUT2D eigenvalue weighted by Gasteiger charge is -2.05. The smallest absolute Gasteiger partial charge is 0.205 e. The molecule has 1 aromatic carbocycles. The van der Waals surface area contributed by atoms with Crippen LogP contribution in [0.5, 0.6) is 0 Å². The van der Waals surface area contributed by atoms with Crippen LogP contribution < -0.4 is 5.43 Å². The first-order valence-corrected chi connectivity index (χ1v) is 6.05. The zero-order valence-corrected chi connectivity index (χ0v) is 11.4. The first kappa shape index (κ1) is 11.1. The highest BCUT2D eigenvalue weighted by atomic mass is 127. The normalized spacial score (nSPS) is 10.9. The summed E-state index contributed by atoms with van der Waals surface area (Å²) in [5.41, 5.74) is 1.12. The molecule has 15 heavy (non-hydrogen) atoms. The summed E-state index contributed by atoms with van der Waals surface area (Å²) < 4.78 is 14.6. The number of nitrogens with one attached hydrogen (secondary N) is 1. The molecule has 0 saturated heterocycles. The molecule has 0 saturated carbocycles. The average molecular weight is 382 g/mol. The molecule has 0 atom stereocenters. The van der Waals surface area contributed by atoms with Crippen molar-refractivity contribution in [2.45, 2.75) is 6.92 Å². The van der Waals surface area contributed by atoms with Gasteiger partial charge in [0, 0.05) is 6.20 Å². The summed E-state index contributed by atoms with van der Waals surface area (Å²) in [5, 5.41) is 0.119. The fourth-order valence-corrected chi connectivity index (χ4v) is 2.44. The van der Waals surface area contributed by atoms with Gasteiger partial charge in [-0.15, -0.1) is 0 Å². The zero-order chi connectivity index (χ0) is 11.2. The first-order valence-electron chi connectivity index (χ1n) is 4.18. The van der Waals surface area contributed by atoms with Gasteiger partial charge in [-0.05, 0) is 57.1 Å². The van der Waals surface area contributed by atoms with Crippen molar-refractivity contribution in [3.8, 4) is 0 Å². The number of aryl methyl sites for hydroxylation is 1. The minimum absolute atomic E-state index is 0.119. The number of hydrogen-bond acceptors (Lipinski definition) is 1. The van der Waals surface area contributed by atoms with Gasteiger partial charge in [0.1, 0.15) is 0 Å². The van der Waals surface area contributed by atoms with Crippen LogP contribution in [-0.2, 0) is 0 Å². The van der Waals surface area contributed by atoms with E-state index in [2.05, 4.69) is 20.9 Å². The van der Waals surface area contributed by atoms with E-state index in [9.17, 15) is 9.18 Å². The molecular weight excluding hydrogens is 376 g/mol. The Morgan fingerprint density at radius 3 is 2.87 bits per heavy atom. The Morgan fingerprint density at radius 1 is 1.53 bits per heavy atom. The molecule has 0 fully saturated rings. The summed E-state index contributed by atoms with van der Waals surface area (Å²) in [6.07, 6.45) is 1.59. The summed E-state index contributed by atoms with van der Waals surface area (Å²) in [7, 11) is 0. The van der Waals surface area contributed by atoms with Gasteiger partial charge in [0.2, 0.25) is 5.43 Å². The Labute approximate surface area is 107 Å². The highest BCUT2D eigenvalue weighted by Gasteiger charge is 2.13. The Morgan fingerprint density at radius 2 is 2.20 bits per heavy atom. The Bertz CT molecular complexity index is 608. The van der Waals surface area contributed by atoms with Crippen molar-refractivity contribution in [2.75, 3.05) is 0 Å². The third-order valence-corrected chi connectivity index (χ3v) is 3.58. The molecule has 0 unspecified atom stereocenters. The van der Waals surface area contributed by atoms with Crippen LogP contribution in [0.2, 0.25) is 0 Å². The maximum Gasteiger partial charge on any atom is 0.205 e. The number of pyridine rings is 1. The second kappa shape index (κ2) is 3.86. The van der Waals surface area contributed by atoms with Gasteiger partial charge in [0.05, 0.1) is 18.9 Å². The molecule has 78 valence electrons. The molecule has 2 nitrogen and oxygen atoms in total. The zero-order valence-electron chi connectivity index (χ0n) is 7.70. The van der Waals surface area contributed by atoms with Crippen LogP contribution in [0.25, 0.3) is 10.9 Å². The topological polar surface area (TPSA) is 32.9 Å². The van der Waals surface area contributed by atoms with Gasteiger partial charge >= 0.3 is 0 Å². The predicted molar refractivity (Wildman–Crippen MR) is 69.7 cm³/mol. The van der Waals surface area contributed by atoms with Crippen LogP contribution in [0, 0.1) is 16.3 Å². The third-order valence-electron chi connectivity index (χ3n) is 2.20. The van der Waals surface area contributed by atoms with E-state index in [1.807, 2.05) is 29.5 Å². The summed E-state index contributed by atoms with van der Waals surface area (Å²) in [6, 6.07) is 1.65. The number of rotatable bonds is 0. The van der Waals surface area contributed by atoms with Crippen molar-refractivity contribution in [3.63, 3.8) is 0 Å². The molecule has 0 aliphatic heterocycles. The quantitative estimate of drug-likeness (QED) is 0.697. The SMILES string of the molecule is Cc1cc(Br)c(F)c2c(=O)c(I)c[nH]c12. The minimum atomic E-state index is -0.504. The first-order chi connectivity index (χ1) is 7.02. The lowest BCUT2D eigenvalue weighted by molar-refractivity contribution is 0.632. The number of aromatic amines is 1. The summed E-state index contributed by atoms with van der Waals surface area (Å²) in [6.45, 7) is 1.83. The molecule has 1 aromatic heterocycles. The van der Waals surface area contributed by atoms with Crippen LogP contribution in [-0.4, -0.2) is 4.98 Å². The minimum Gasteiger partial charge on any atom is -0.360 e. The Balaban J connectivity index is 3.12. The van der Waals surface area contributed by atoms with E-state index in [4.69, 9.17) is 0 Å². The van der Waals surface area contributed by atoms with Crippen LogP contribution in [0.3, 0.4) is 0 Å². The molecule has 0 radical (unpaired) electrons. The summed E-state index contributed by atoms with van der Waals surface area (Å²) in [4.78, 5) is 14.7. The van der Waals surface area contributed by atoms with Crippen molar-refractivity contribution < 1.29 is 4.39 Å². The van der Waals surface area contributed by atoms with Crippen molar-refractivity contribution >= 4 is 49.4 Å². The largest absolute Gasteiger partial charge is 0.360 e. The van der Waals surface area contributed by atoms with Gasteiger partial charge in [-0.2, -0.15) is 0 Å². The number of fused-ring (bicyclic) bond motifs is 1. The maximum atomic E-state index is 13.7. The lowest BCUT2D eigenvalue weighted by atomic mass is 10.1. The molecule has 1 N–H and O–H groups in total. The summed E-state index contributed by atoms with van der Waals surface area (Å²) >= 11 is 4.98. The number of benzene rings is 1. The molecule has 0 amide bonds. The second-order valence-corrected chi connectivity index (χ2v) is 5.22. The lowest BCUT2D eigenvalue weighted by Crippen LogP contribution is -2.09. The van der Waals surface area contributed by atoms with E-state index in [0.29, 0.717) is 13.6 Å². The van der Waals surface area contributed by atoms with E-state index < -0.39 is 5.82 Å². The van der Waals surface area contributed by atoms with Gasteiger partial charge in [0.25, 0.3) is 0 Å². The van der Waals surface area contributed by atoms with Crippen LogP contribution in [0.4, 0.5) is 4.39 Å². The van der Waals surface area contributed by atoms with E-state index >= 15 is 0 Å². The fourth-order valence-electron chi connectivity index (χ4n) is 1.47. The standard InChI is InChI=1S/C10H6BrFINO/c1-4-2-5(11)8(12)7-9(4)14-3-6(13)10(7)15/h2-3H,1H3,(H,14,15). The van der Waals surface area contributed by atoms with Crippen LogP contribution in [0.15, 0.2) is 21.5 Å².